The highest BCUT2D eigenvalue weighted by molar-refractivity contribution is 5.29. The lowest BCUT2D eigenvalue weighted by atomic mass is 9.77. The number of methoxy groups -OCH3 is 1. The second kappa shape index (κ2) is 6.24. The third-order valence-electron chi connectivity index (χ3n) is 4.23. The van der Waals surface area contributed by atoms with E-state index < -0.39 is 0 Å². The molecule has 1 N–H and O–H groups in total. The third kappa shape index (κ3) is 3.05. The standard InChI is InChI=1S/C16H25NO/c1-12-5-4-6-14(11-12)16(17-2)13-7-9-15(18-3)10-8-13/h7-10,12,14,16-17H,4-6,11H2,1-3H3. The molecule has 0 bridgehead atoms. The topological polar surface area (TPSA) is 21.3 Å². The quantitative estimate of drug-likeness (QED) is 0.874. The van der Waals surface area contributed by atoms with Crippen molar-refractivity contribution in [2.24, 2.45) is 11.8 Å². The van der Waals surface area contributed by atoms with Crippen LogP contribution < -0.4 is 10.1 Å². The van der Waals surface area contributed by atoms with Crippen molar-refractivity contribution in [1.29, 1.82) is 0 Å². The number of rotatable bonds is 4. The zero-order valence-electron chi connectivity index (χ0n) is 11.8. The van der Waals surface area contributed by atoms with Gasteiger partial charge in [0.2, 0.25) is 0 Å². The molecule has 0 amide bonds. The van der Waals surface area contributed by atoms with E-state index in [1.165, 1.54) is 31.2 Å². The smallest absolute Gasteiger partial charge is 0.118 e. The largest absolute Gasteiger partial charge is 0.497 e. The maximum absolute atomic E-state index is 5.22. The predicted molar refractivity (Wildman–Crippen MR) is 75.9 cm³/mol. The Morgan fingerprint density at radius 1 is 1.22 bits per heavy atom. The van der Waals surface area contributed by atoms with E-state index >= 15 is 0 Å². The van der Waals surface area contributed by atoms with Crippen molar-refractivity contribution < 1.29 is 4.74 Å². The predicted octanol–water partition coefficient (Wildman–Crippen LogP) is 3.78. The van der Waals surface area contributed by atoms with Crippen molar-refractivity contribution in [3.8, 4) is 5.75 Å². The molecule has 2 rings (SSSR count). The molecule has 0 spiro atoms. The SMILES string of the molecule is CNC(c1ccc(OC)cc1)C1CCCC(C)C1. The molecule has 3 unspecified atom stereocenters. The van der Waals surface area contributed by atoms with Crippen LogP contribution in [0, 0.1) is 11.8 Å². The van der Waals surface area contributed by atoms with E-state index in [1.54, 1.807) is 7.11 Å². The van der Waals surface area contributed by atoms with Gasteiger partial charge >= 0.3 is 0 Å². The molecule has 1 aromatic rings. The number of ether oxygens (including phenoxy) is 1. The van der Waals surface area contributed by atoms with Gasteiger partial charge in [0.25, 0.3) is 0 Å². The summed E-state index contributed by atoms with van der Waals surface area (Å²) in [5, 5.41) is 3.51. The van der Waals surface area contributed by atoms with E-state index in [9.17, 15) is 0 Å². The lowest BCUT2D eigenvalue weighted by Crippen LogP contribution is -2.28. The van der Waals surface area contributed by atoms with Crippen molar-refractivity contribution in [2.75, 3.05) is 14.2 Å². The number of nitrogens with one attached hydrogen (secondary N) is 1. The summed E-state index contributed by atoms with van der Waals surface area (Å²) in [6.07, 6.45) is 5.47. The molecule has 1 fully saturated rings. The molecule has 1 aliphatic rings. The minimum atomic E-state index is 0.485. The first kappa shape index (κ1) is 13.4. The van der Waals surface area contributed by atoms with Gasteiger partial charge in [-0.2, -0.15) is 0 Å². The van der Waals surface area contributed by atoms with Gasteiger partial charge in [-0.25, -0.2) is 0 Å². The Balaban J connectivity index is 2.11. The van der Waals surface area contributed by atoms with E-state index in [4.69, 9.17) is 4.74 Å². The number of hydrogen-bond acceptors (Lipinski definition) is 2. The van der Waals surface area contributed by atoms with Crippen molar-refractivity contribution in [3.05, 3.63) is 29.8 Å². The van der Waals surface area contributed by atoms with Gasteiger partial charge in [0, 0.05) is 6.04 Å². The van der Waals surface area contributed by atoms with E-state index in [1.807, 2.05) is 0 Å². The molecular formula is C16H25NO. The second-order valence-corrected chi connectivity index (χ2v) is 5.57. The van der Waals surface area contributed by atoms with E-state index in [0.717, 1.165) is 17.6 Å². The fourth-order valence-corrected chi connectivity index (χ4v) is 3.27. The maximum Gasteiger partial charge on any atom is 0.118 e. The minimum Gasteiger partial charge on any atom is -0.497 e. The highest BCUT2D eigenvalue weighted by Gasteiger charge is 2.26. The van der Waals surface area contributed by atoms with E-state index in [-0.39, 0.29) is 0 Å². The van der Waals surface area contributed by atoms with Gasteiger partial charge in [0.1, 0.15) is 5.75 Å². The van der Waals surface area contributed by atoms with Crippen LogP contribution in [0.3, 0.4) is 0 Å². The Labute approximate surface area is 111 Å². The molecule has 1 aromatic carbocycles. The molecule has 0 aliphatic heterocycles. The van der Waals surface area contributed by atoms with Crippen LogP contribution in [0.2, 0.25) is 0 Å². The average Bonchev–Trinajstić information content (AvgIpc) is 2.40. The van der Waals surface area contributed by atoms with Crippen LogP contribution >= 0.6 is 0 Å². The third-order valence-corrected chi connectivity index (χ3v) is 4.23. The molecule has 1 saturated carbocycles. The lowest BCUT2D eigenvalue weighted by Gasteiger charge is -2.33. The Kier molecular flexibility index (Phi) is 4.65. The van der Waals surface area contributed by atoms with Crippen LogP contribution in [0.4, 0.5) is 0 Å². The van der Waals surface area contributed by atoms with Crippen LogP contribution in [0.15, 0.2) is 24.3 Å². The summed E-state index contributed by atoms with van der Waals surface area (Å²) in [5.41, 5.74) is 1.39. The summed E-state index contributed by atoms with van der Waals surface area (Å²) in [6.45, 7) is 2.38. The number of hydrogen-bond donors (Lipinski definition) is 1. The van der Waals surface area contributed by atoms with Gasteiger partial charge in [0.05, 0.1) is 7.11 Å². The first-order valence-electron chi connectivity index (χ1n) is 7.05. The van der Waals surface area contributed by atoms with Gasteiger partial charge < -0.3 is 10.1 Å². The van der Waals surface area contributed by atoms with E-state index in [2.05, 4.69) is 43.6 Å². The zero-order valence-corrected chi connectivity index (χ0v) is 11.8. The van der Waals surface area contributed by atoms with Crippen molar-refractivity contribution >= 4 is 0 Å². The van der Waals surface area contributed by atoms with Gasteiger partial charge in [-0.3, -0.25) is 0 Å². The highest BCUT2D eigenvalue weighted by atomic mass is 16.5. The summed E-state index contributed by atoms with van der Waals surface area (Å²) in [4.78, 5) is 0. The van der Waals surface area contributed by atoms with Crippen molar-refractivity contribution in [3.63, 3.8) is 0 Å². The first-order chi connectivity index (χ1) is 8.74. The Bertz CT molecular complexity index is 360. The van der Waals surface area contributed by atoms with Crippen molar-refractivity contribution in [1.82, 2.24) is 5.32 Å². The van der Waals surface area contributed by atoms with Crippen LogP contribution in [-0.2, 0) is 0 Å². The highest BCUT2D eigenvalue weighted by Crippen LogP contribution is 2.37. The summed E-state index contributed by atoms with van der Waals surface area (Å²) >= 11 is 0. The Hall–Kier alpha value is -1.02. The van der Waals surface area contributed by atoms with Crippen LogP contribution in [0.5, 0.6) is 5.75 Å². The van der Waals surface area contributed by atoms with Crippen LogP contribution in [0.25, 0.3) is 0 Å². The average molecular weight is 247 g/mol. The summed E-state index contributed by atoms with van der Waals surface area (Å²) in [6, 6.07) is 9.00. The molecule has 1 aliphatic carbocycles. The summed E-state index contributed by atoms with van der Waals surface area (Å²) < 4.78 is 5.22. The van der Waals surface area contributed by atoms with E-state index in [0.29, 0.717) is 6.04 Å². The maximum atomic E-state index is 5.22. The molecule has 0 radical (unpaired) electrons. The number of benzene rings is 1. The van der Waals surface area contributed by atoms with Gasteiger partial charge in [0.15, 0.2) is 0 Å². The summed E-state index contributed by atoms with van der Waals surface area (Å²) in [5.74, 6) is 2.58. The van der Waals surface area contributed by atoms with Crippen LogP contribution in [-0.4, -0.2) is 14.2 Å². The van der Waals surface area contributed by atoms with Gasteiger partial charge in [-0.15, -0.1) is 0 Å². The molecule has 3 atom stereocenters. The fourth-order valence-electron chi connectivity index (χ4n) is 3.27. The van der Waals surface area contributed by atoms with Gasteiger partial charge in [-0.05, 0) is 49.4 Å². The molecule has 0 aromatic heterocycles. The van der Waals surface area contributed by atoms with Gasteiger partial charge in [-0.1, -0.05) is 31.9 Å². The molecule has 100 valence electrons. The monoisotopic (exact) mass is 247 g/mol. The second-order valence-electron chi connectivity index (χ2n) is 5.57. The fraction of sp³-hybridized carbons (Fsp3) is 0.625. The normalized spacial score (nSPS) is 25.7. The Morgan fingerprint density at radius 3 is 2.50 bits per heavy atom. The first-order valence-corrected chi connectivity index (χ1v) is 7.05. The molecule has 0 heterocycles. The van der Waals surface area contributed by atoms with Crippen LogP contribution in [0.1, 0.15) is 44.2 Å². The van der Waals surface area contributed by atoms with Crippen molar-refractivity contribution in [2.45, 2.75) is 38.6 Å². The molecule has 2 heteroatoms. The minimum absolute atomic E-state index is 0.485. The zero-order chi connectivity index (χ0) is 13.0. The molecular weight excluding hydrogens is 222 g/mol. The molecule has 2 nitrogen and oxygen atoms in total. The molecule has 0 saturated heterocycles. The molecule has 18 heavy (non-hydrogen) atoms. The summed E-state index contributed by atoms with van der Waals surface area (Å²) in [7, 11) is 3.79. The lowest BCUT2D eigenvalue weighted by molar-refractivity contribution is 0.230. The Morgan fingerprint density at radius 2 is 1.94 bits per heavy atom.